The summed E-state index contributed by atoms with van der Waals surface area (Å²) in [5.41, 5.74) is 2.13. The molecule has 0 saturated heterocycles. The lowest BCUT2D eigenvalue weighted by atomic mass is 10.2. The molecule has 140 valence electrons. The van der Waals surface area contributed by atoms with Crippen molar-refractivity contribution in [1.29, 1.82) is 0 Å². The number of pyridine rings is 1. The summed E-state index contributed by atoms with van der Waals surface area (Å²) < 4.78 is 47.8. The molecule has 0 aliphatic carbocycles. The highest BCUT2D eigenvalue weighted by molar-refractivity contribution is 7.84. The van der Waals surface area contributed by atoms with Gasteiger partial charge in [0.05, 0.1) is 10.8 Å². The third kappa shape index (κ3) is 5.52. The number of hydrogen-bond acceptors (Lipinski definition) is 4. The smallest absolute Gasteiger partial charge is 0.387 e. The number of rotatable bonds is 7. The first-order valence-electron chi connectivity index (χ1n) is 7.66. The van der Waals surface area contributed by atoms with Crippen molar-refractivity contribution >= 4 is 23.1 Å². The lowest BCUT2D eigenvalue weighted by Crippen LogP contribution is -2.08. The molecule has 2 aromatic rings. The molecule has 0 N–H and O–H groups in total. The van der Waals surface area contributed by atoms with Gasteiger partial charge in [-0.1, -0.05) is 6.07 Å². The quantitative estimate of drug-likeness (QED) is 0.735. The summed E-state index contributed by atoms with van der Waals surface area (Å²) in [6.07, 6.45) is 4.94. The minimum Gasteiger partial charge on any atom is -0.477 e. The molecule has 0 amide bonds. The Balaban J connectivity index is 2.33. The molecule has 1 aromatic carbocycles. The molecule has 2 rings (SSSR count). The maximum atomic E-state index is 12.5. The van der Waals surface area contributed by atoms with E-state index in [4.69, 9.17) is 4.74 Å². The van der Waals surface area contributed by atoms with Crippen LogP contribution in [-0.4, -0.2) is 27.6 Å². The molecule has 1 atom stereocenters. The number of alkyl halides is 2. The van der Waals surface area contributed by atoms with E-state index < -0.39 is 17.4 Å². The van der Waals surface area contributed by atoms with Crippen LogP contribution in [0.25, 0.3) is 12.3 Å². The molecule has 1 aromatic heterocycles. The first kappa shape index (κ1) is 19.8. The molecule has 5 nitrogen and oxygen atoms in total. The second-order valence-corrected chi connectivity index (χ2v) is 6.96. The number of aromatic nitrogens is 1. The van der Waals surface area contributed by atoms with Gasteiger partial charge in [-0.15, -0.1) is 0 Å². The van der Waals surface area contributed by atoms with Crippen molar-refractivity contribution < 1.29 is 22.5 Å². The SMILES string of the molecule is Cc1cc(=O)cc(C)n1C=Cc1ccc(OC(F)F)c(OCS(C)=O)c1. The molecule has 0 aliphatic rings. The van der Waals surface area contributed by atoms with Crippen molar-refractivity contribution in [2.75, 3.05) is 12.2 Å². The van der Waals surface area contributed by atoms with E-state index in [1.54, 1.807) is 18.3 Å². The number of benzene rings is 1. The Hall–Kier alpha value is -2.48. The van der Waals surface area contributed by atoms with E-state index in [-0.39, 0.29) is 22.9 Å². The van der Waals surface area contributed by atoms with Gasteiger partial charge in [0.1, 0.15) is 0 Å². The van der Waals surface area contributed by atoms with Crippen molar-refractivity contribution in [3.63, 3.8) is 0 Å². The van der Waals surface area contributed by atoms with Crippen molar-refractivity contribution in [1.82, 2.24) is 4.57 Å². The molecule has 0 spiro atoms. The van der Waals surface area contributed by atoms with E-state index in [9.17, 15) is 17.8 Å². The minimum atomic E-state index is -2.99. The molecule has 8 heteroatoms. The van der Waals surface area contributed by atoms with E-state index in [2.05, 4.69) is 4.74 Å². The van der Waals surface area contributed by atoms with Gasteiger partial charge in [0.2, 0.25) is 0 Å². The highest BCUT2D eigenvalue weighted by Crippen LogP contribution is 2.30. The van der Waals surface area contributed by atoms with Crippen LogP contribution >= 0.6 is 0 Å². The van der Waals surface area contributed by atoms with Gasteiger partial charge in [-0.25, -0.2) is 0 Å². The van der Waals surface area contributed by atoms with Crippen LogP contribution in [0.15, 0.2) is 35.1 Å². The average Bonchev–Trinajstić information content (AvgIpc) is 2.53. The summed E-state index contributed by atoms with van der Waals surface area (Å²) in [5.74, 6) is -0.181. The maximum Gasteiger partial charge on any atom is 0.387 e. The third-order valence-electron chi connectivity index (χ3n) is 3.44. The first-order valence-corrected chi connectivity index (χ1v) is 9.38. The molecular formula is C18H19F2NO4S. The highest BCUT2D eigenvalue weighted by Gasteiger charge is 2.12. The number of aryl methyl sites for hydroxylation is 2. The Morgan fingerprint density at radius 1 is 1.15 bits per heavy atom. The average molecular weight is 383 g/mol. The molecule has 0 aliphatic heterocycles. The lowest BCUT2D eigenvalue weighted by Gasteiger charge is -2.12. The van der Waals surface area contributed by atoms with E-state index in [0.717, 1.165) is 11.4 Å². The van der Waals surface area contributed by atoms with Crippen molar-refractivity contribution in [2.24, 2.45) is 0 Å². The van der Waals surface area contributed by atoms with Crippen LogP contribution in [-0.2, 0) is 10.8 Å². The fourth-order valence-corrected chi connectivity index (χ4v) is 2.64. The first-order chi connectivity index (χ1) is 12.3. The second-order valence-electron chi connectivity index (χ2n) is 5.58. The molecule has 0 bridgehead atoms. The van der Waals surface area contributed by atoms with Gasteiger partial charge >= 0.3 is 6.61 Å². The van der Waals surface area contributed by atoms with Crippen LogP contribution in [0.1, 0.15) is 17.0 Å². The molecule has 26 heavy (non-hydrogen) atoms. The Kier molecular flexibility index (Phi) is 6.68. The van der Waals surface area contributed by atoms with E-state index in [1.807, 2.05) is 18.4 Å². The number of nitrogens with zero attached hydrogens (tertiary/aromatic N) is 1. The standard InChI is InChI=1S/C18H19F2NO4S/c1-12-8-15(22)9-13(2)21(12)7-6-14-4-5-16(25-18(19)20)17(10-14)24-11-26(3)23/h4-10,18H,11H2,1-3H3. The molecule has 0 saturated carbocycles. The number of hydrogen-bond donors (Lipinski definition) is 0. The van der Waals surface area contributed by atoms with Crippen LogP contribution in [0.3, 0.4) is 0 Å². The van der Waals surface area contributed by atoms with Crippen molar-refractivity contribution in [3.8, 4) is 11.5 Å². The summed E-state index contributed by atoms with van der Waals surface area (Å²) in [5, 5.41) is 0. The lowest BCUT2D eigenvalue weighted by molar-refractivity contribution is -0.0512. The number of ether oxygens (including phenoxy) is 2. The van der Waals surface area contributed by atoms with Crippen molar-refractivity contribution in [2.45, 2.75) is 20.5 Å². The fourth-order valence-electron chi connectivity index (χ4n) is 2.35. The van der Waals surface area contributed by atoms with E-state index >= 15 is 0 Å². The van der Waals surface area contributed by atoms with Gasteiger partial charge in [0, 0.05) is 36.0 Å². The molecule has 0 radical (unpaired) electrons. The largest absolute Gasteiger partial charge is 0.477 e. The molecule has 1 unspecified atom stereocenters. The summed E-state index contributed by atoms with van der Waals surface area (Å²) in [6.45, 7) is 0.629. The normalized spacial score (nSPS) is 12.5. The predicted molar refractivity (Wildman–Crippen MR) is 98.0 cm³/mol. The summed E-state index contributed by atoms with van der Waals surface area (Å²) >= 11 is 0. The predicted octanol–water partition coefficient (Wildman–Crippen LogP) is 3.41. The van der Waals surface area contributed by atoms with E-state index in [1.165, 1.54) is 30.5 Å². The maximum absolute atomic E-state index is 12.5. The van der Waals surface area contributed by atoms with Crippen LogP contribution in [0.4, 0.5) is 8.78 Å². The fraction of sp³-hybridized carbons (Fsp3) is 0.278. The van der Waals surface area contributed by atoms with Gasteiger partial charge in [-0.2, -0.15) is 8.78 Å². The van der Waals surface area contributed by atoms with Crippen LogP contribution in [0.5, 0.6) is 11.5 Å². The van der Waals surface area contributed by atoms with Gasteiger partial charge < -0.3 is 14.0 Å². The van der Waals surface area contributed by atoms with Crippen LogP contribution in [0, 0.1) is 13.8 Å². The Morgan fingerprint density at radius 2 is 1.81 bits per heavy atom. The number of halogens is 2. The highest BCUT2D eigenvalue weighted by atomic mass is 32.2. The Morgan fingerprint density at radius 3 is 2.38 bits per heavy atom. The molecule has 1 heterocycles. The third-order valence-corrected chi connectivity index (χ3v) is 3.89. The topological polar surface area (TPSA) is 57.5 Å². The Bertz CT molecular complexity index is 867. The van der Waals surface area contributed by atoms with Gasteiger partial charge in [0.25, 0.3) is 0 Å². The van der Waals surface area contributed by atoms with Crippen LogP contribution < -0.4 is 14.9 Å². The van der Waals surface area contributed by atoms with Crippen LogP contribution in [0.2, 0.25) is 0 Å². The zero-order valence-electron chi connectivity index (χ0n) is 14.6. The van der Waals surface area contributed by atoms with Gasteiger partial charge in [-0.3, -0.25) is 9.00 Å². The minimum absolute atomic E-state index is 0.0681. The summed E-state index contributed by atoms with van der Waals surface area (Å²) in [6, 6.07) is 7.51. The van der Waals surface area contributed by atoms with E-state index in [0.29, 0.717) is 5.56 Å². The summed E-state index contributed by atoms with van der Waals surface area (Å²) in [4.78, 5) is 11.5. The zero-order valence-corrected chi connectivity index (χ0v) is 15.4. The Labute approximate surface area is 152 Å². The van der Waals surface area contributed by atoms with Gasteiger partial charge in [-0.05, 0) is 37.6 Å². The zero-order chi connectivity index (χ0) is 19.3. The van der Waals surface area contributed by atoms with Gasteiger partial charge in [0.15, 0.2) is 22.9 Å². The monoisotopic (exact) mass is 383 g/mol. The van der Waals surface area contributed by atoms with Crippen molar-refractivity contribution in [3.05, 3.63) is 57.5 Å². The summed E-state index contributed by atoms with van der Waals surface area (Å²) in [7, 11) is -1.25. The molecule has 0 fully saturated rings. The molecular weight excluding hydrogens is 364 g/mol. The second kappa shape index (κ2) is 8.75.